The Balaban J connectivity index is 1.74. The average molecular weight is 308 g/mol. The van der Waals surface area contributed by atoms with Crippen LogP contribution in [0, 0.1) is 5.92 Å². The number of nitrogens with one attached hydrogen (secondary N) is 1. The highest BCUT2D eigenvalue weighted by atomic mass is 32.1. The molecule has 1 aliphatic heterocycles. The third-order valence-electron chi connectivity index (χ3n) is 3.08. The number of aromatic nitrogens is 1. The van der Waals surface area contributed by atoms with Crippen LogP contribution < -0.4 is 11.1 Å². The zero-order chi connectivity index (χ0) is 14.8. The Kier molecular flexibility index (Phi) is 4.48. The van der Waals surface area contributed by atoms with Crippen LogP contribution >= 0.6 is 11.3 Å². The van der Waals surface area contributed by atoms with Gasteiger partial charge in [-0.2, -0.15) is 13.2 Å². The second kappa shape index (κ2) is 5.96. The van der Waals surface area contributed by atoms with Gasteiger partial charge in [0.1, 0.15) is 5.69 Å². The summed E-state index contributed by atoms with van der Waals surface area (Å²) < 4.78 is 36.7. The smallest absolute Gasteiger partial charge is 0.375 e. The topological polar surface area (TPSA) is 71.2 Å². The van der Waals surface area contributed by atoms with E-state index in [2.05, 4.69) is 10.3 Å². The van der Waals surface area contributed by atoms with Gasteiger partial charge in [0.2, 0.25) is 0 Å². The first-order valence-corrected chi connectivity index (χ1v) is 7.00. The van der Waals surface area contributed by atoms with Gasteiger partial charge < -0.3 is 11.1 Å². The van der Waals surface area contributed by atoms with E-state index in [-0.39, 0.29) is 17.5 Å². The number of halogens is 3. The second-order valence-electron chi connectivity index (χ2n) is 4.79. The largest absolute Gasteiger partial charge is 0.401 e. The number of nitrogens with two attached hydrogens (primary N) is 1. The number of anilines is 1. The Morgan fingerprint density at radius 2 is 2.35 bits per heavy atom. The number of carbonyl (C=O) groups excluding carboxylic acids is 1. The maximum Gasteiger partial charge on any atom is 0.401 e. The van der Waals surface area contributed by atoms with Crippen LogP contribution in [0.15, 0.2) is 5.38 Å². The van der Waals surface area contributed by atoms with E-state index in [4.69, 9.17) is 5.73 Å². The predicted molar refractivity (Wildman–Crippen MR) is 69.5 cm³/mol. The van der Waals surface area contributed by atoms with Crippen LogP contribution in [0.4, 0.5) is 18.3 Å². The van der Waals surface area contributed by atoms with Gasteiger partial charge >= 0.3 is 6.18 Å². The molecule has 2 rings (SSSR count). The Labute approximate surface area is 118 Å². The number of nitrogen functional groups attached to an aromatic ring is 1. The Hall–Kier alpha value is -1.35. The fourth-order valence-electron chi connectivity index (χ4n) is 2.20. The lowest BCUT2D eigenvalue weighted by Crippen LogP contribution is -2.34. The number of rotatable bonds is 4. The van der Waals surface area contributed by atoms with Crippen molar-refractivity contribution in [2.45, 2.75) is 12.6 Å². The van der Waals surface area contributed by atoms with E-state index in [0.29, 0.717) is 31.2 Å². The minimum Gasteiger partial charge on any atom is -0.375 e. The molecule has 0 bridgehead atoms. The number of hydrogen-bond donors (Lipinski definition) is 2. The van der Waals surface area contributed by atoms with E-state index < -0.39 is 12.7 Å². The molecular formula is C11H15F3N4OS. The average Bonchev–Trinajstić information content (AvgIpc) is 2.93. The van der Waals surface area contributed by atoms with Crippen LogP contribution in [0.3, 0.4) is 0 Å². The fourth-order valence-corrected chi connectivity index (χ4v) is 2.74. The molecule has 1 unspecified atom stereocenters. The monoisotopic (exact) mass is 308 g/mol. The first-order chi connectivity index (χ1) is 9.33. The van der Waals surface area contributed by atoms with E-state index in [1.807, 2.05) is 0 Å². The Morgan fingerprint density at radius 1 is 1.60 bits per heavy atom. The van der Waals surface area contributed by atoms with Crippen LogP contribution in [0.25, 0.3) is 0 Å². The van der Waals surface area contributed by atoms with Gasteiger partial charge in [0.05, 0.1) is 6.54 Å². The van der Waals surface area contributed by atoms with Crippen molar-refractivity contribution >= 4 is 22.4 Å². The standard InChI is InChI=1S/C11H15F3N4OS/c12-11(13,14)6-18-2-1-7(4-18)3-16-9(19)8-5-20-10(15)17-8/h5,7H,1-4,6H2,(H2,15,17)(H,16,19). The third kappa shape index (κ3) is 4.34. The fraction of sp³-hybridized carbons (Fsp3) is 0.636. The van der Waals surface area contributed by atoms with Gasteiger partial charge in [-0.25, -0.2) is 4.98 Å². The zero-order valence-corrected chi connectivity index (χ0v) is 11.4. The van der Waals surface area contributed by atoms with Crippen molar-refractivity contribution in [3.63, 3.8) is 0 Å². The van der Waals surface area contributed by atoms with Crippen molar-refractivity contribution in [3.8, 4) is 0 Å². The SMILES string of the molecule is Nc1nc(C(=O)NCC2CCN(CC(F)(F)F)C2)cs1. The van der Waals surface area contributed by atoms with Crippen molar-refractivity contribution in [1.29, 1.82) is 0 Å². The lowest BCUT2D eigenvalue weighted by atomic mass is 10.1. The first kappa shape index (κ1) is 15.0. The van der Waals surface area contributed by atoms with Crippen LogP contribution in [0.1, 0.15) is 16.9 Å². The molecule has 20 heavy (non-hydrogen) atoms. The molecule has 1 fully saturated rings. The van der Waals surface area contributed by atoms with E-state index >= 15 is 0 Å². The molecule has 0 saturated carbocycles. The van der Waals surface area contributed by atoms with Gasteiger partial charge in [0, 0.05) is 18.5 Å². The van der Waals surface area contributed by atoms with Gasteiger partial charge in [-0.3, -0.25) is 9.69 Å². The van der Waals surface area contributed by atoms with Crippen molar-refractivity contribution in [2.24, 2.45) is 5.92 Å². The summed E-state index contributed by atoms with van der Waals surface area (Å²) in [6.45, 7) is 0.216. The molecule has 1 aromatic rings. The second-order valence-corrected chi connectivity index (χ2v) is 5.68. The predicted octanol–water partition coefficient (Wildman–Crippen LogP) is 1.34. The molecule has 9 heteroatoms. The molecule has 0 aliphatic carbocycles. The van der Waals surface area contributed by atoms with Gasteiger partial charge in [-0.05, 0) is 18.9 Å². The maximum absolute atomic E-state index is 12.2. The minimum atomic E-state index is -4.17. The summed E-state index contributed by atoms with van der Waals surface area (Å²) in [5.74, 6) is -0.301. The van der Waals surface area contributed by atoms with Crippen LogP contribution in [-0.2, 0) is 0 Å². The summed E-state index contributed by atoms with van der Waals surface area (Å²) in [7, 11) is 0. The van der Waals surface area contributed by atoms with Gasteiger partial charge in [0.25, 0.3) is 5.91 Å². The van der Waals surface area contributed by atoms with E-state index in [0.717, 1.165) is 0 Å². The van der Waals surface area contributed by atoms with Crippen LogP contribution in [0.2, 0.25) is 0 Å². The number of alkyl halides is 3. The van der Waals surface area contributed by atoms with E-state index in [9.17, 15) is 18.0 Å². The van der Waals surface area contributed by atoms with E-state index in [1.54, 1.807) is 5.38 Å². The summed E-state index contributed by atoms with van der Waals surface area (Å²) in [5.41, 5.74) is 5.67. The quantitative estimate of drug-likeness (QED) is 0.880. The van der Waals surface area contributed by atoms with Crippen molar-refractivity contribution in [2.75, 3.05) is 31.9 Å². The summed E-state index contributed by atoms with van der Waals surface area (Å²) in [6.07, 6.45) is -3.52. The van der Waals surface area contributed by atoms with E-state index in [1.165, 1.54) is 16.2 Å². The molecule has 112 valence electrons. The summed E-state index contributed by atoms with van der Waals surface area (Å²) in [6, 6.07) is 0. The molecule has 1 aromatic heterocycles. The molecule has 1 aliphatic rings. The number of thiazole rings is 1. The molecule has 0 radical (unpaired) electrons. The highest BCUT2D eigenvalue weighted by Gasteiger charge is 2.34. The molecular weight excluding hydrogens is 293 g/mol. The molecule has 1 atom stereocenters. The lowest BCUT2D eigenvalue weighted by molar-refractivity contribution is -0.143. The van der Waals surface area contributed by atoms with Gasteiger partial charge in [-0.1, -0.05) is 0 Å². The van der Waals surface area contributed by atoms with Crippen molar-refractivity contribution in [1.82, 2.24) is 15.2 Å². The van der Waals surface area contributed by atoms with Crippen molar-refractivity contribution in [3.05, 3.63) is 11.1 Å². The Morgan fingerprint density at radius 3 is 2.95 bits per heavy atom. The number of carbonyl (C=O) groups is 1. The normalized spacial score (nSPS) is 20.2. The number of amides is 1. The van der Waals surface area contributed by atoms with Crippen molar-refractivity contribution < 1.29 is 18.0 Å². The third-order valence-corrected chi connectivity index (χ3v) is 3.75. The van der Waals surface area contributed by atoms with Crippen LogP contribution in [-0.4, -0.2) is 48.1 Å². The Bertz CT molecular complexity index is 476. The summed E-state index contributed by atoms with van der Waals surface area (Å²) in [4.78, 5) is 16.9. The highest BCUT2D eigenvalue weighted by molar-refractivity contribution is 7.13. The lowest BCUT2D eigenvalue weighted by Gasteiger charge is -2.17. The van der Waals surface area contributed by atoms with Gasteiger partial charge in [-0.15, -0.1) is 11.3 Å². The highest BCUT2D eigenvalue weighted by Crippen LogP contribution is 2.22. The molecule has 2 heterocycles. The minimum absolute atomic E-state index is 0.0392. The maximum atomic E-state index is 12.2. The number of nitrogens with zero attached hydrogens (tertiary/aromatic N) is 2. The summed E-state index contributed by atoms with van der Waals surface area (Å²) >= 11 is 1.17. The van der Waals surface area contributed by atoms with Crippen LogP contribution in [0.5, 0.6) is 0 Å². The number of hydrogen-bond acceptors (Lipinski definition) is 5. The number of likely N-dealkylation sites (tertiary alicyclic amines) is 1. The molecule has 1 saturated heterocycles. The zero-order valence-electron chi connectivity index (χ0n) is 10.6. The molecule has 5 nitrogen and oxygen atoms in total. The van der Waals surface area contributed by atoms with Gasteiger partial charge in [0.15, 0.2) is 5.13 Å². The first-order valence-electron chi connectivity index (χ1n) is 6.12. The summed E-state index contributed by atoms with van der Waals surface area (Å²) in [5, 5.41) is 4.54. The molecule has 0 aromatic carbocycles. The molecule has 0 spiro atoms. The molecule has 1 amide bonds. The molecule has 3 N–H and O–H groups in total.